The predicted molar refractivity (Wildman–Crippen MR) is 56.3 cm³/mol. The Labute approximate surface area is 86.6 Å². The van der Waals surface area contributed by atoms with Gasteiger partial charge in [-0.05, 0) is 51.6 Å². The zero-order valence-electron chi connectivity index (χ0n) is 9.00. The molecule has 3 rings (SSSR count). The van der Waals surface area contributed by atoms with Crippen LogP contribution >= 0.6 is 0 Å². The largest absolute Gasteiger partial charge is 0.378 e. The van der Waals surface area contributed by atoms with Gasteiger partial charge < -0.3 is 9.64 Å². The molecule has 0 bridgehead atoms. The van der Waals surface area contributed by atoms with Crippen molar-refractivity contribution in [3.05, 3.63) is 0 Å². The van der Waals surface area contributed by atoms with E-state index in [4.69, 9.17) is 4.74 Å². The third kappa shape index (κ3) is 2.12. The molecule has 0 N–H and O–H groups in total. The Kier molecular flexibility index (Phi) is 2.29. The molecule has 2 nitrogen and oxygen atoms in total. The van der Waals surface area contributed by atoms with Gasteiger partial charge in [0, 0.05) is 12.0 Å². The predicted octanol–water partition coefficient (Wildman–Crippen LogP) is 2.04. The molecular weight excluding hydrogens is 174 g/mol. The summed E-state index contributed by atoms with van der Waals surface area (Å²) < 4.78 is 5.86. The monoisotopic (exact) mass is 195 g/mol. The molecule has 0 atom stereocenters. The van der Waals surface area contributed by atoms with Gasteiger partial charge in [0.05, 0.1) is 12.7 Å². The smallest absolute Gasteiger partial charge is 0.0577 e. The summed E-state index contributed by atoms with van der Waals surface area (Å²) in [6, 6.07) is 0. The Morgan fingerprint density at radius 2 is 1.86 bits per heavy atom. The van der Waals surface area contributed by atoms with Crippen molar-refractivity contribution in [2.45, 2.75) is 44.6 Å². The molecule has 0 radical (unpaired) electrons. The van der Waals surface area contributed by atoms with Crippen molar-refractivity contribution in [1.82, 2.24) is 4.90 Å². The molecule has 0 amide bonds. The van der Waals surface area contributed by atoms with Crippen LogP contribution in [0, 0.1) is 5.41 Å². The standard InChI is InChI=1S/C12H21NO/c1-2-8-13(7-1)9-12(5-6-12)10-14-11-3-4-11/h11H,1-10H2. The number of ether oxygens (including phenoxy) is 1. The van der Waals surface area contributed by atoms with Crippen LogP contribution in [0.25, 0.3) is 0 Å². The van der Waals surface area contributed by atoms with E-state index in [1.165, 1.54) is 58.2 Å². The van der Waals surface area contributed by atoms with Crippen LogP contribution in [0.2, 0.25) is 0 Å². The normalized spacial score (nSPS) is 30.9. The summed E-state index contributed by atoms with van der Waals surface area (Å²) in [7, 11) is 0. The van der Waals surface area contributed by atoms with Gasteiger partial charge in [0.1, 0.15) is 0 Å². The van der Waals surface area contributed by atoms with Crippen molar-refractivity contribution in [2.24, 2.45) is 5.41 Å². The highest BCUT2D eigenvalue weighted by Gasteiger charge is 2.45. The lowest BCUT2D eigenvalue weighted by Gasteiger charge is -2.22. The molecule has 0 aromatic rings. The average molecular weight is 195 g/mol. The van der Waals surface area contributed by atoms with Gasteiger partial charge >= 0.3 is 0 Å². The number of likely N-dealkylation sites (tertiary alicyclic amines) is 1. The van der Waals surface area contributed by atoms with Crippen molar-refractivity contribution in [3.8, 4) is 0 Å². The van der Waals surface area contributed by atoms with E-state index in [2.05, 4.69) is 4.90 Å². The molecule has 1 saturated heterocycles. The fraction of sp³-hybridized carbons (Fsp3) is 1.00. The van der Waals surface area contributed by atoms with Gasteiger partial charge in [-0.25, -0.2) is 0 Å². The Hall–Kier alpha value is -0.0800. The van der Waals surface area contributed by atoms with Crippen LogP contribution in [0.15, 0.2) is 0 Å². The molecule has 1 aliphatic heterocycles. The number of nitrogens with zero attached hydrogens (tertiary/aromatic N) is 1. The fourth-order valence-electron chi connectivity index (χ4n) is 2.47. The van der Waals surface area contributed by atoms with Crippen molar-refractivity contribution >= 4 is 0 Å². The molecule has 2 aliphatic carbocycles. The summed E-state index contributed by atoms with van der Waals surface area (Å²) in [6.07, 6.45) is 8.94. The Morgan fingerprint density at radius 1 is 1.14 bits per heavy atom. The highest BCUT2D eigenvalue weighted by atomic mass is 16.5. The molecule has 2 heteroatoms. The van der Waals surface area contributed by atoms with Gasteiger partial charge in [0.15, 0.2) is 0 Å². The number of rotatable bonds is 5. The summed E-state index contributed by atoms with van der Waals surface area (Å²) in [5.74, 6) is 0. The number of hydrogen-bond donors (Lipinski definition) is 0. The first-order valence-corrected chi connectivity index (χ1v) is 6.20. The summed E-state index contributed by atoms with van der Waals surface area (Å²) >= 11 is 0. The first-order chi connectivity index (χ1) is 6.86. The van der Waals surface area contributed by atoms with E-state index in [-0.39, 0.29) is 0 Å². The average Bonchev–Trinajstić information content (AvgIpc) is 3.07. The van der Waals surface area contributed by atoms with Crippen LogP contribution in [0.4, 0.5) is 0 Å². The Balaban J connectivity index is 1.44. The fourth-order valence-corrected chi connectivity index (χ4v) is 2.47. The van der Waals surface area contributed by atoms with Crippen molar-refractivity contribution in [1.29, 1.82) is 0 Å². The lowest BCUT2D eigenvalue weighted by molar-refractivity contribution is 0.0633. The van der Waals surface area contributed by atoms with Crippen LogP contribution in [-0.4, -0.2) is 37.2 Å². The van der Waals surface area contributed by atoms with Gasteiger partial charge in [-0.15, -0.1) is 0 Å². The zero-order chi connectivity index (χ0) is 9.43. The number of hydrogen-bond acceptors (Lipinski definition) is 2. The molecular formula is C12H21NO. The van der Waals surface area contributed by atoms with Gasteiger partial charge in [-0.3, -0.25) is 0 Å². The van der Waals surface area contributed by atoms with Crippen LogP contribution in [0.1, 0.15) is 38.5 Å². The van der Waals surface area contributed by atoms with Gasteiger partial charge in [0.2, 0.25) is 0 Å². The minimum Gasteiger partial charge on any atom is -0.378 e. The molecule has 14 heavy (non-hydrogen) atoms. The molecule has 2 saturated carbocycles. The summed E-state index contributed by atoms with van der Waals surface area (Å²) in [5, 5.41) is 0. The quantitative estimate of drug-likeness (QED) is 0.665. The van der Waals surface area contributed by atoms with Gasteiger partial charge in [-0.2, -0.15) is 0 Å². The van der Waals surface area contributed by atoms with Crippen LogP contribution in [0.5, 0.6) is 0 Å². The molecule has 0 aromatic heterocycles. The molecule has 0 unspecified atom stereocenters. The van der Waals surface area contributed by atoms with Crippen LogP contribution in [0.3, 0.4) is 0 Å². The van der Waals surface area contributed by atoms with Crippen LogP contribution < -0.4 is 0 Å². The van der Waals surface area contributed by atoms with E-state index in [0.29, 0.717) is 11.5 Å². The van der Waals surface area contributed by atoms with E-state index in [0.717, 1.165) is 6.61 Å². The topological polar surface area (TPSA) is 12.5 Å². The molecule has 0 spiro atoms. The maximum atomic E-state index is 5.86. The van der Waals surface area contributed by atoms with E-state index < -0.39 is 0 Å². The van der Waals surface area contributed by atoms with Crippen LogP contribution in [-0.2, 0) is 4.74 Å². The van der Waals surface area contributed by atoms with Crippen molar-refractivity contribution in [2.75, 3.05) is 26.2 Å². The van der Waals surface area contributed by atoms with Crippen molar-refractivity contribution < 1.29 is 4.74 Å². The van der Waals surface area contributed by atoms with E-state index in [1.54, 1.807) is 0 Å². The molecule has 3 aliphatic rings. The minimum absolute atomic E-state index is 0.590. The third-order valence-corrected chi connectivity index (χ3v) is 3.86. The SMILES string of the molecule is C1CCN(CC2(COC3CC3)CC2)C1. The van der Waals surface area contributed by atoms with Crippen molar-refractivity contribution in [3.63, 3.8) is 0 Å². The van der Waals surface area contributed by atoms with E-state index >= 15 is 0 Å². The first-order valence-electron chi connectivity index (χ1n) is 6.20. The van der Waals surface area contributed by atoms with E-state index in [1.807, 2.05) is 0 Å². The van der Waals surface area contributed by atoms with E-state index in [9.17, 15) is 0 Å². The lowest BCUT2D eigenvalue weighted by atomic mass is 10.1. The second kappa shape index (κ2) is 3.49. The molecule has 0 aromatic carbocycles. The summed E-state index contributed by atoms with van der Waals surface area (Å²) in [4.78, 5) is 2.64. The minimum atomic E-state index is 0.590. The summed E-state index contributed by atoms with van der Waals surface area (Å²) in [5.41, 5.74) is 0.590. The Morgan fingerprint density at radius 3 is 2.43 bits per heavy atom. The zero-order valence-corrected chi connectivity index (χ0v) is 9.00. The van der Waals surface area contributed by atoms with Gasteiger partial charge in [0.25, 0.3) is 0 Å². The van der Waals surface area contributed by atoms with Gasteiger partial charge in [-0.1, -0.05) is 0 Å². The molecule has 80 valence electrons. The highest BCUT2D eigenvalue weighted by molar-refractivity contribution is 4.96. The third-order valence-electron chi connectivity index (χ3n) is 3.86. The second-order valence-corrected chi connectivity index (χ2v) is 5.49. The highest BCUT2D eigenvalue weighted by Crippen LogP contribution is 2.47. The summed E-state index contributed by atoms with van der Waals surface area (Å²) in [6.45, 7) is 5.05. The first kappa shape index (κ1) is 9.17. The second-order valence-electron chi connectivity index (χ2n) is 5.49. The molecule has 3 fully saturated rings. The maximum Gasteiger partial charge on any atom is 0.0577 e. The maximum absolute atomic E-state index is 5.86. The lowest BCUT2D eigenvalue weighted by Crippen LogP contribution is -2.30. The Bertz CT molecular complexity index is 202. The molecule has 1 heterocycles.